The summed E-state index contributed by atoms with van der Waals surface area (Å²) in [6.45, 7) is 1.79. The molecule has 1 heterocycles. The Kier molecular flexibility index (Phi) is 5.66. The molecule has 0 aliphatic rings. The molecule has 1 atom stereocenters. The van der Waals surface area contributed by atoms with Crippen molar-refractivity contribution in [2.75, 3.05) is 17.7 Å². The molecule has 3 N–H and O–H groups in total. The maximum absolute atomic E-state index is 12.6. The van der Waals surface area contributed by atoms with Crippen molar-refractivity contribution in [3.05, 3.63) is 57.6 Å². The SMILES string of the molecule is C#CCOC(C(=O)Nc1ccc([N+](=O)[O-])c(N)n1)c1ccccc1C. The van der Waals surface area contributed by atoms with Gasteiger partial charge in [-0.15, -0.1) is 6.42 Å². The number of aryl methyl sites for hydroxylation is 1. The summed E-state index contributed by atoms with van der Waals surface area (Å²) < 4.78 is 5.47. The number of hydrogen-bond acceptors (Lipinski definition) is 6. The molecule has 1 unspecified atom stereocenters. The molecule has 25 heavy (non-hydrogen) atoms. The van der Waals surface area contributed by atoms with Crippen molar-refractivity contribution in [2.45, 2.75) is 13.0 Å². The Hall–Kier alpha value is -3.44. The third-order valence-corrected chi connectivity index (χ3v) is 3.39. The van der Waals surface area contributed by atoms with Crippen LogP contribution in [0.4, 0.5) is 17.3 Å². The number of nitrogens with one attached hydrogen (secondary N) is 1. The molecule has 2 aromatic rings. The van der Waals surface area contributed by atoms with Gasteiger partial charge in [-0.1, -0.05) is 30.2 Å². The Balaban J connectivity index is 2.26. The van der Waals surface area contributed by atoms with E-state index in [1.807, 2.05) is 19.1 Å². The van der Waals surface area contributed by atoms with Crippen molar-refractivity contribution >= 4 is 23.2 Å². The summed E-state index contributed by atoms with van der Waals surface area (Å²) in [4.78, 5) is 26.5. The van der Waals surface area contributed by atoms with Crippen LogP contribution in [0.1, 0.15) is 17.2 Å². The number of nitrogens with zero attached hydrogens (tertiary/aromatic N) is 2. The fourth-order valence-corrected chi connectivity index (χ4v) is 2.20. The van der Waals surface area contributed by atoms with Crippen LogP contribution in [-0.2, 0) is 9.53 Å². The predicted octanol–water partition coefficient (Wildman–Crippen LogP) is 2.21. The summed E-state index contributed by atoms with van der Waals surface area (Å²) in [6, 6.07) is 9.69. The van der Waals surface area contributed by atoms with Crippen LogP contribution in [0.25, 0.3) is 0 Å². The van der Waals surface area contributed by atoms with Gasteiger partial charge in [0.1, 0.15) is 12.4 Å². The second-order valence-corrected chi connectivity index (χ2v) is 5.10. The summed E-state index contributed by atoms with van der Waals surface area (Å²) >= 11 is 0. The van der Waals surface area contributed by atoms with Gasteiger partial charge in [0.25, 0.3) is 5.91 Å². The number of benzene rings is 1. The molecule has 128 valence electrons. The Morgan fingerprint density at radius 1 is 1.44 bits per heavy atom. The first-order valence-electron chi connectivity index (χ1n) is 7.26. The molecule has 1 aromatic heterocycles. The van der Waals surface area contributed by atoms with Gasteiger partial charge in [0, 0.05) is 6.07 Å². The van der Waals surface area contributed by atoms with E-state index in [0.717, 1.165) is 5.56 Å². The highest BCUT2D eigenvalue weighted by molar-refractivity contribution is 5.94. The monoisotopic (exact) mass is 340 g/mol. The highest BCUT2D eigenvalue weighted by Gasteiger charge is 2.24. The van der Waals surface area contributed by atoms with Gasteiger partial charge in [-0.3, -0.25) is 14.9 Å². The van der Waals surface area contributed by atoms with Crippen LogP contribution >= 0.6 is 0 Å². The second-order valence-electron chi connectivity index (χ2n) is 5.10. The number of aromatic nitrogens is 1. The van der Waals surface area contributed by atoms with Crippen LogP contribution in [0.3, 0.4) is 0 Å². The Morgan fingerprint density at radius 2 is 2.16 bits per heavy atom. The van der Waals surface area contributed by atoms with E-state index in [0.29, 0.717) is 5.56 Å². The first-order valence-corrected chi connectivity index (χ1v) is 7.26. The molecule has 0 aliphatic heterocycles. The standard InChI is InChI=1S/C17H16N4O4/c1-3-10-25-15(12-7-5-4-6-11(12)2)17(22)20-14-9-8-13(21(23)24)16(18)19-14/h1,4-9,15H,10H2,2H3,(H3,18,19,20,22). The molecule has 8 nitrogen and oxygen atoms in total. The fraction of sp³-hybridized carbons (Fsp3) is 0.176. The zero-order valence-corrected chi connectivity index (χ0v) is 13.4. The number of nitrogen functional groups attached to an aromatic ring is 1. The molecule has 8 heteroatoms. The lowest BCUT2D eigenvalue weighted by molar-refractivity contribution is -0.384. The largest absolute Gasteiger partial charge is 0.378 e. The number of pyridine rings is 1. The smallest absolute Gasteiger partial charge is 0.311 e. The van der Waals surface area contributed by atoms with E-state index in [-0.39, 0.29) is 23.9 Å². The number of carbonyl (C=O) groups excluding carboxylic acids is 1. The van der Waals surface area contributed by atoms with Crippen LogP contribution in [0.15, 0.2) is 36.4 Å². The van der Waals surface area contributed by atoms with E-state index in [4.69, 9.17) is 16.9 Å². The second kappa shape index (κ2) is 7.90. The fourth-order valence-electron chi connectivity index (χ4n) is 2.20. The highest BCUT2D eigenvalue weighted by Crippen LogP contribution is 2.24. The van der Waals surface area contributed by atoms with Crippen molar-refractivity contribution in [2.24, 2.45) is 0 Å². The van der Waals surface area contributed by atoms with Gasteiger partial charge in [0.05, 0.1) is 4.92 Å². The van der Waals surface area contributed by atoms with E-state index in [2.05, 4.69) is 16.2 Å². The van der Waals surface area contributed by atoms with E-state index < -0.39 is 16.9 Å². The van der Waals surface area contributed by atoms with Crippen LogP contribution in [0.5, 0.6) is 0 Å². The maximum atomic E-state index is 12.6. The van der Waals surface area contributed by atoms with Gasteiger partial charge in [0.15, 0.2) is 6.10 Å². The van der Waals surface area contributed by atoms with Crippen LogP contribution < -0.4 is 11.1 Å². The van der Waals surface area contributed by atoms with Crippen LogP contribution in [0, 0.1) is 29.4 Å². The van der Waals surface area contributed by atoms with Crippen molar-refractivity contribution < 1.29 is 14.5 Å². The zero-order chi connectivity index (χ0) is 18.4. The summed E-state index contributed by atoms with van der Waals surface area (Å²) in [5.41, 5.74) is 6.71. The minimum absolute atomic E-state index is 0.0533. The molecule has 0 radical (unpaired) electrons. The number of nitrogens with two attached hydrogens (primary N) is 1. The van der Waals surface area contributed by atoms with Crippen LogP contribution in [0.2, 0.25) is 0 Å². The van der Waals surface area contributed by atoms with Crippen LogP contribution in [-0.4, -0.2) is 22.4 Å². The molecule has 1 amide bonds. The van der Waals surface area contributed by atoms with Gasteiger partial charge in [-0.05, 0) is 24.1 Å². The lowest BCUT2D eigenvalue weighted by Crippen LogP contribution is -2.25. The number of ether oxygens (including phenoxy) is 1. The third kappa shape index (κ3) is 4.31. The molecular formula is C17H16N4O4. The van der Waals surface area contributed by atoms with Crippen molar-refractivity contribution in [1.82, 2.24) is 4.98 Å². The summed E-state index contributed by atoms with van der Waals surface area (Å²) in [6.07, 6.45) is 4.26. The minimum Gasteiger partial charge on any atom is -0.378 e. The molecule has 0 saturated carbocycles. The molecule has 0 spiro atoms. The van der Waals surface area contributed by atoms with Crippen molar-refractivity contribution in [3.63, 3.8) is 0 Å². The lowest BCUT2D eigenvalue weighted by atomic mass is 10.0. The molecular weight excluding hydrogens is 324 g/mol. The maximum Gasteiger partial charge on any atom is 0.311 e. The number of nitro groups is 1. The van der Waals surface area contributed by atoms with E-state index in [1.165, 1.54) is 12.1 Å². The third-order valence-electron chi connectivity index (χ3n) is 3.39. The summed E-state index contributed by atoms with van der Waals surface area (Å²) in [5.74, 6) is 1.60. The molecule has 1 aromatic carbocycles. The van der Waals surface area contributed by atoms with Crippen molar-refractivity contribution in [3.8, 4) is 12.3 Å². The number of rotatable bonds is 6. The minimum atomic E-state index is -0.949. The molecule has 0 saturated heterocycles. The number of terminal acetylenes is 1. The van der Waals surface area contributed by atoms with Gasteiger partial charge >= 0.3 is 5.69 Å². The quantitative estimate of drug-likeness (QED) is 0.472. The predicted molar refractivity (Wildman–Crippen MR) is 92.6 cm³/mol. The Bertz CT molecular complexity index is 845. The molecule has 0 bridgehead atoms. The average Bonchev–Trinajstić information content (AvgIpc) is 2.56. The van der Waals surface area contributed by atoms with E-state index >= 15 is 0 Å². The Morgan fingerprint density at radius 3 is 2.76 bits per heavy atom. The number of carbonyl (C=O) groups is 1. The summed E-state index contributed by atoms with van der Waals surface area (Å²) in [7, 11) is 0. The Labute approximate surface area is 144 Å². The van der Waals surface area contributed by atoms with Gasteiger partial charge in [0.2, 0.25) is 5.82 Å². The van der Waals surface area contributed by atoms with E-state index in [9.17, 15) is 14.9 Å². The van der Waals surface area contributed by atoms with Gasteiger partial charge in [-0.25, -0.2) is 4.98 Å². The first-order chi connectivity index (χ1) is 11.9. The molecule has 0 fully saturated rings. The van der Waals surface area contributed by atoms with Gasteiger partial charge < -0.3 is 15.8 Å². The summed E-state index contributed by atoms with van der Waals surface area (Å²) in [5, 5.41) is 13.3. The lowest BCUT2D eigenvalue weighted by Gasteiger charge is -2.18. The normalized spacial score (nSPS) is 11.4. The zero-order valence-electron chi connectivity index (χ0n) is 13.4. The number of amides is 1. The molecule has 0 aliphatic carbocycles. The van der Waals surface area contributed by atoms with Crippen molar-refractivity contribution in [1.29, 1.82) is 0 Å². The average molecular weight is 340 g/mol. The van der Waals surface area contributed by atoms with E-state index in [1.54, 1.807) is 12.1 Å². The highest BCUT2D eigenvalue weighted by atomic mass is 16.6. The molecule has 2 rings (SSSR count). The topological polar surface area (TPSA) is 120 Å². The number of hydrogen-bond donors (Lipinski definition) is 2. The van der Waals surface area contributed by atoms with Gasteiger partial charge in [-0.2, -0.15) is 0 Å². The first kappa shape index (κ1) is 17.9. The number of anilines is 2.